The smallest absolute Gasteiger partial charge is 0.228 e. The molecule has 3 rings (SSSR count). The predicted octanol–water partition coefficient (Wildman–Crippen LogP) is 3.07. The fourth-order valence-corrected chi connectivity index (χ4v) is 3.59. The van der Waals surface area contributed by atoms with E-state index >= 15 is 0 Å². The van der Waals surface area contributed by atoms with Crippen molar-refractivity contribution in [3.05, 3.63) is 40.8 Å². The minimum atomic E-state index is -0.361. The third-order valence-corrected chi connectivity index (χ3v) is 4.90. The van der Waals surface area contributed by atoms with E-state index in [1.165, 1.54) is 29.6 Å². The molecule has 0 fully saturated rings. The number of hydrogen-bond donors (Lipinski definition) is 2. The van der Waals surface area contributed by atoms with Gasteiger partial charge in [0.05, 0.1) is 18.7 Å². The third-order valence-electron chi connectivity index (χ3n) is 3.06. The lowest BCUT2D eigenvalue weighted by Crippen LogP contribution is -2.29. The number of hydrogen-bond acceptors (Lipinski definition) is 7. The molecule has 0 bridgehead atoms. The quantitative estimate of drug-likeness (QED) is 0.702. The maximum Gasteiger partial charge on any atom is 0.228 e. The summed E-state index contributed by atoms with van der Waals surface area (Å²) in [7, 11) is 0. The standard InChI is InChI=1S/C15H14N4O3S2/c1-9(20)16-10(12-5-3-7-23-12)8-13(21)17-15-19-18-14(24-15)11-4-2-6-22-11/h2-7,10H,8H2,1H3,(H,16,20)(H,17,19,21)/t10-/m0/s1. The molecule has 0 radical (unpaired) electrons. The number of nitrogens with one attached hydrogen (secondary N) is 2. The van der Waals surface area contributed by atoms with Crippen LogP contribution in [0.4, 0.5) is 5.13 Å². The Hall–Kier alpha value is -2.52. The van der Waals surface area contributed by atoms with Gasteiger partial charge in [0.15, 0.2) is 10.8 Å². The molecule has 124 valence electrons. The van der Waals surface area contributed by atoms with E-state index < -0.39 is 0 Å². The molecule has 3 aromatic rings. The molecule has 2 amide bonds. The molecule has 1 atom stereocenters. The van der Waals surface area contributed by atoms with Crippen molar-refractivity contribution in [2.45, 2.75) is 19.4 Å². The van der Waals surface area contributed by atoms with E-state index in [1.807, 2.05) is 17.5 Å². The minimum absolute atomic E-state index is 0.121. The van der Waals surface area contributed by atoms with Gasteiger partial charge in [0.1, 0.15) is 0 Å². The molecule has 0 saturated heterocycles. The molecule has 0 aliphatic carbocycles. The number of aromatic nitrogens is 2. The van der Waals surface area contributed by atoms with Gasteiger partial charge in [-0.15, -0.1) is 21.5 Å². The number of furan rings is 1. The van der Waals surface area contributed by atoms with Crippen molar-refractivity contribution in [1.29, 1.82) is 0 Å². The molecule has 0 unspecified atom stereocenters. The van der Waals surface area contributed by atoms with Crippen molar-refractivity contribution in [1.82, 2.24) is 15.5 Å². The predicted molar refractivity (Wildman–Crippen MR) is 91.7 cm³/mol. The monoisotopic (exact) mass is 362 g/mol. The highest BCUT2D eigenvalue weighted by atomic mass is 32.1. The minimum Gasteiger partial charge on any atom is -0.462 e. The Bertz CT molecular complexity index is 812. The molecule has 3 aromatic heterocycles. The van der Waals surface area contributed by atoms with Gasteiger partial charge < -0.3 is 15.1 Å². The number of thiophene rings is 1. The van der Waals surface area contributed by atoms with E-state index in [4.69, 9.17) is 4.42 Å². The van der Waals surface area contributed by atoms with Crippen LogP contribution in [0, 0.1) is 0 Å². The van der Waals surface area contributed by atoms with Crippen LogP contribution >= 0.6 is 22.7 Å². The van der Waals surface area contributed by atoms with E-state index in [9.17, 15) is 9.59 Å². The summed E-state index contributed by atoms with van der Waals surface area (Å²) in [6.07, 6.45) is 1.67. The van der Waals surface area contributed by atoms with Crippen LogP contribution in [0.25, 0.3) is 10.8 Å². The number of carbonyl (C=O) groups is 2. The molecule has 0 aromatic carbocycles. The van der Waals surface area contributed by atoms with Crippen molar-refractivity contribution >= 4 is 39.6 Å². The van der Waals surface area contributed by atoms with E-state index in [0.717, 1.165) is 4.88 Å². The molecular formula is C15H14N4O3S2. The molecule has 0 aliphatic heterocycles. The largest absolute Gasteiger partial charge is 0.462 e. The molecule has 7 nitrogen and oxygen atoms in total. The number of anilines is 1. The number of amides is 2. The van der Waals surface area contributed by atoms with Crippen molar-refractivity contribution < 1.29 is 14.0 Å². The highest BCUT2D eigenvalue weighted by Crippen LogP contribution is 2.27. The van der Waals surface area contributed by atoms with Crippen LogP contribution in [0.5, 0.6) is 0 Å². The van der Waals surface area contributed by atoms with Crippen LogP contribution in [-0.4, -0.2) is 22.0 Å². The van der Waals surface area contributed by atoms with E-state index in [1.54, 1.807) is 18.4 Å². The lowest BCUT2D eigenvalue weighted by molar-refractivity contribution is -0.120. The average Bonchev–Trinajstić information content (AvgIpc) is 3.28. The van der Waals surface area contributed by atoms with Gasteiger partial charge in [0.2, 0.25) is 16.9 Å². The zero-order valence-corrected chi connectivity index (χ0v) is 14.3. The number of carbonyl (C=O) groups excluding carboxylic acids is 2. The van der Waals surface area contributed by atoms with Crippen LogP contribution in [-0.2, 0) is 9.59 Å². The van der Waals surface area contributed by atoms with Gasteiger partial charge in [0, 0.05) is 11.8 Å². The molecule has 3 heterocycles. The lowest BCUT2D eigenvalue weighted by atomic mass is 10.1. The number of nitrogens with zero attached hydrogens (tertiary/aromatic N) is 2. The number of rotatable bonds is 6. The van der Waals surface area contributed by atoms with E-state index in [0.29, 0.717) is 15.9 Å². The second-order valence-electron chi connectivity index (χ2n) is 4.91. The van der Waals surface area contributed by atoms with Crippen molar-refractivity contribution in [3.63, 3.8) is 0 Å². The Morgan fingerprint density at radius 2 is 2.17 bits per heavy atom. The van der Waals surface area contributed by atoms with Gasteiger partial charge in [-0.1, -0.05) is 17.4 Å². The van der Waals surface area contributed by atoms with E-state index in [-0.39, 0.29) is 24.3 Å². The summed E-state index contributed by atoms with van der Waals surface area (Å²) in [5.41, 5.74) is 0. The first-order chi connectivity index (χ1) is 11.6. The summed E-state index contributed by atoms with van der Waals surface area (Å²) < 4.78 is 5.24. The van der Waals surface area contributed by atoms with E-state index in [2.05, 4.69) is 20.8 Å². The summed E-state index contributed by atoms with van der Waals surface area (Å²) in [6, 6.07) is 6.94. The van der Waals surface area contributed by atoms with Gasteiger partial charge in [-0.2, -0.15) is 0 Å². The zero-order chi connectivity index (χ0) is 16.9. The van der Waals surface area contributed by atoms with Gasteiger partial charge >= 0.3 is 0 Å². The lowest BCUT2D eigenvalue weighted by Gasteiger charge is -2.15. The maximum absolute atomic E-state index is 12.3. The average molecular weight is 362 g/mol. The van der Waals surface area contributed by atoms with Crippen LogP contribution in [0.3, 0.4) is 0 Å². The molecule has 0 aliphatic rings. The third kappa shape index (κ3) is 4.06. The van der Waals surface area contributed by atoms with Crippen molar-refractivity contribution in [2.75, 3.05) is 5.32 Å². The second kappa shape index (κ2) is 7.37. The van der Waals surface area contributed by atoms with Crippen LogP contribution < -0.4 is 10.6 Å². The Balaban J connectivity index is 1.64. The molecular weight excluding hydrogens is 348 g/mol. The first-order valence-electron chi connectivity index (χ1n) is 7.09. The highest BCUT2D eigenvalue weighted by molar-refractivity contribution is 7.18. The molecule has 0 spiro atoms. The molecule has 24 heavy (non-hydrogen) atoms. The Morgan fingerprint density at radius 3 is 2.83 bits per heavy atom. The van der Waals surface area contributed by atoms with Gasteiger partial charge in [-0.25, -0.2) is 0 Å². The molecule has 0 saturated carbocycles. The van der Waals surface area contributed by atoms with Gasteiger partial charge in [-0.05, 0) is 23.6 Å². The Labute approximate surface area is 145 Å². The maximum atomic E-state index is 12.3. The Morgan fingerprint density at radius 1 is 1.29 bits per heavy atom. The van der Waals surface area contributed by atoms with Crippen molar-refractivity contribution in [3.8, 4) is 10.8 Å². The second-order valence-corrected chi connectivity index (χ2v) is 6.87. The normalized spacial score (nSPS) is 11.9. The fraction of sp³-hybridized carbons (Fsp3) is 0.200. The topological polar surface area (TPSA) is 97.1 Å². The first-order valence-corrected chi connectivity index (χ1v) is 8.79. The summed E-state index contributed by atoms with van der Waals surface area (Å²) in [5, 5.41) is 16.3. The molecule has 2 N–H and O–H groups in total. The fourth-order valence-electron chi connectivity index (χ4n) is 2.09. The zero-order valence-electron chi connectivity index (χ0n) is 12.7. The summed E-state index contributed by atoms with van der Waals surface area (Å²) in [6.45, 7) is 1.43. The summed E-state index contributed by atoms with van der Waals surface area (Å²) >= 11 is 2.72. The van der Waals surface area contributed by atoms with Crippen molar-refractivity contribution in [2.24, 2.45) is 0 Å². The van der Waals surface area contributed by atoms with Gasteiger partial charge in [-0.3, -0.25) is 9.59 Å². The SMILES string of the molecule is CC(=O)N[C@@H](CC(=O)Nc1nnc(-c2ccco2)s1)c1cccs1. The summed E-state index contributed by atoms with van der Waals surface area (Å²) in [4.78, 5) is 24.5. The summed E-state index contributed by atoms with van der Waals surface area (Å²) in [5.74, 6) is 0.171. The Kier molecular flexibility index (Phi) is 5.02. The van der Waals surface area contributed by atoms with Crippen LogP contribution in [0.1, 0.15) is 24.3 Å². The molecule has 9 heteroatoms. The van der Waals surface area contributed by atoms with Crippen LogP contribution in [0.15, 0.2) is 40.3 Å². The van der Waals surface area contributed by atoms with Crippen LogP contribution in [0.2, 0.25) is 0 Å². The first kappa shape index (κ1) is 16.3. The van der Waals surface area contributed by atoms with Gasteiger partial charge in [0.25, 0.3) is 0 Å². The highest BCUT2D eigenvalue weighted by Gasteiger charge is 2.19.